The zero-order valence-electron chi connectivity index (χ0n) is 12.6. The highest BCUT2D eigenvalue weighted by atomic mass is 79.9. The first-order valence-corrected chi connectivity index (χ1v) is 8.55. The van der Waals surface area contributed by atoms with Crippen molar-refractivity contribution >= 4 is 15.9 Å². The van der Waals surface area contributed by atoms with Crippen LogP contribution < -0.4 is 5.32 Å². The summed E-state index contributed by atoms with van der Waals surface area (Å²) in [7, 11) is 0. The second kappa shape index (κ2) is 6.33. The molecule has 1 aliphatic rings. The van der Waals surface area contributed by atoms with Gasteiger partial charge in [-0.15, -0.1) is 0 Å². The van der Waals surface area contributed by atoms with Gasteiger partial charge in [0.2, 0.25) is 0 Å². The van der Waals surface area contributed by atoms with Gasteiger partial charge < -0.3 is 5.32 Å². The van der Waals surface area contributed by atoms with E-state index in [9.17, 15) is 0 Å². The Balaban J connectivity index is 1.79. The zero-order valence-corrected chi connectivity index (χ0v) is 14.2. The zero-order chi connectivity index (χ0) is 14.8. The smallest absolute Gasteiger partial charge is 0.0328 e. The van der Waals surface area contributed by atoms with Crippen LogP contribution in [0.1, 0.15) is 61.4 Å². The molecule has 3 atom stereocenters. The van der Waals surface area contributed by atoms with Gasteiger partial charge >= 0.3 is 0 Å². The Hall–Kier alpha value is -1.12. The van der Waals surface area contributed by atoms with E-state index in [4.69, 9.17) is 0 Å². The van der Waals surface area contributed by atoms with Gasteiger partial charge in [-0.3, -0.25) is 0 Å². The molecule has 2 aromatic carbocycles. The molecule has 2 aromatic rings. The van der Waals surface area contributed by atoms with Crippen molar-refractivity contribution in [1.29, 1.82) is 0 Å². The number of benzene rings is 2. The van der Waals surface area contributed by atoms with Gasteiger partial charge in [0, 0.05) is 16.6 Å². The Morgan fingerprint density at radius 1 is 1.00 bits per heavy atom. The predicted molar refractivity (Wildman–Crippen MR) is 92.5 cm³/mol. The van der Waals surface area contributed by atoms with Crippen LogP contribution in [0.3, 0.4) is 0 Å². The van der Waals surface area contributed by atoms with Crippen molar-refractivity contribution in [3.63, 3.8) is 0 Å². The van der Waals surface area contributed by atoms with Crippen molar-refractivity contribution in [2.24, 2.45) is 0 Å². The quantitative estimate of drug-likeness (QED) is 0.749. The maximum absolute atomic E-state index is 3.82. The fourth-order valence-corrected chi connectivity index (χ4v) is 3.59. The highest BCUT2D eigenvalue weighted by Gasteiger charge is 2.25. The predicted octanol–water partition coefficient (Wildman–Crippen LogP) is 5.74. The third kappa shape index (κ3) is 3.22. The van der Waals surface area contributed by atoms with Crippen LogP contribution in [0.2, 0.25) is 0 Å². The van der Waals surface area contributed by atoms with Gasteiger partial charge in [0.15, 0.2) is 0 Å². The summed E-state index contributed by atoms with van der Waals surface area (Å²) in [4.78, 5) is 0. The number of fused-ring (bicyclic) bond motifs is 1. The molecule has 0 saturated carbocycles. The van der Waals surface area contributed by atoms with E-state index in [0.717, 1.165) is 4.47 Å². The van der Waals surface area contributed by atoms with Gasteiger partial charge in [0.1, 0.15) is 0 Å². The summed E-state index contributed by atoms with van der Waals surface area (Å²) in [6.07, 6.45) is 2.49. The molecule has 110 valence electrons. The largest absolute Gasteiger partial charge is 0.303 e. The summed E-state index contributed by atoms with van der Waals surface area (Å²) in [5.41, 5.74) is 4.35. The molecule has 21 heavy (non-hydrogen) atoms. The molecule has 2 heteroatoms. The van der Waals surface area contributed by atoms with Crippen molar-refractivity contribution in [3.05, 3.63) is 69.7 Å². The van der Waals surface area contributed by atoms with Crippen LogP contribution in [-0.2, 0) is 0 Å². The lowest BCUT2D eigenvalue weighted by molar-refractivity contribution is 0.396. The Bertz CT molecular complexity index is 605. The minimum Gasteiger partial charge on any atom is -0.303 e. The molecule has 3 unspecified atom stereocenters. The van der Waals surface area contributed by atoms with E-state index in [1.807, 2.05) is 0 Å². The van der Waals surface area contributed by atoms with Crippen molar-refractivity contribution < 1.29 is 0 Å². The first-order chi connectivity index (χ1) is 10.1. The average molecular weight is 344 g/mol. The highest BCUT2D eigenvalue weighted by Crippen LogP contribution is 2.38. The van der Waals surface area contributed by atoms with E-state index in [0.29, 0.717) is 18.0 Å². The second-order valence-corrected chi connectivity index (χ2v) is 7.02. The molecule has 1 N–H and O–H groups in total. The van der Waals surface area contributed by atoms with Crippen molar-refractivity contribution in [2.45, 2.75) is 44.7 Å². The summed E-state index contributed by atoms with van der Waals surface area (Å²) in [6, 6.07) is 18.4. The van der Waals surface area contributed by atoms with Gasteiger partial charge in [-0.2, -0.15) is 0 Å². The van der Waals surface area contributed by atoms with Gasteiger partial charge in [-0.05, 0) is 54.5 Å². The van der Waals surface area contributed by atoms with Crippen LogP contribution in [0, 0.1) is 0 Å². The molecular weight excluding hydrogens is 322 g/mol. The van der Waals surface area contributed by atoms with E-state index in [1.54, 1.807) is 0 Å². The fraction of sp³-hybridized carbons (Fsp3) is 0.368. The average Bonchev–Trinajstić information content (AvgIpc) is 2.51. The van der Waals surface area contributed by atoms with Crippen LogP contribution in [0.25, 0.3) is 0 Å². The van der Waals surface area contributed by atoms with E-state index >= 15 is 0 Å². The number of rotatable bonds is 3. The molecule has 0 spiro atoms. The van der Waals surface area contributed by atoms with Gasteiger partial charge in [0.25, 0.3) is 0 Å². The molecule has 0 bridgehead atoms. The molecule has 3 rings (SSSR count). The summed E-state index contributed by atoms with van der Waals surface area (Å²) in [6.45, 7) is 4.59. The lowest BCUT2D eigenvalue weighted by Crippen LogP contribution is -2.28. The van der Waals surface area contributed by atoms with Crippen LogP contribution in [0.15, 0.2) is 53.0 Å². The molecule has 0 amide bonds. The summed E-state index contributed by atoms with van der Waals surface area (Å²) >= 11 is 3.50. The monoisotopic (exact) mass is 343 g/mol. The van der Waals surface area contributed by atoms with Crippen LogP contribution in [-0.4, -0.2) is 0 Å². The Morgan fingerprint density at radius 2 is 1.67 bits per heavy atom. The third-order valence-corrected chi connectivity index (χ3v) is 5.14. The minimum atomic E-state index is 0.365. The number of nitrogens with one attached hydrogen (secondary N) is 1. The number of halogens is 1. The van der Waals surface area contributed by atoms with Crippen molar-refractivity contribution in [3.8, 4) is 0 Å². The topological polar surface area (TPSA) is 12.0 Å². The summed E-state index contributed by atoms with van der Waals surface area (Å²) < 4.78 is 1.13. The van der Waals surface area contributed by atoms with E-state index in [2.05, 4.69) is 83.6 Å². The maximum Gasteiger partial charge on any atom is 0.0328 e. The minimum absolute atomic E-state index is 0.365. The molecule has 0 radical (unpaired) electrons. The molecule has 1 nitrogen and oxygen atoms in total. The Kier molecular flexibility index (Phi) is 4.46. The molecule has 0 saturated heterocycles. The lowest BCUT2D eigenvalue weighted by Gasteiger charge is -2.32. The molecule has 0 fully saturated rings. The fourth-order valence-electron chi connectivity index (χ4n) is 3.33. The lowest BCUT2D eigenvalue weighted by atomic mass is 9.81. The number of hydrogen-bond acceptors (Lipinski definition) is 1. The first kappa shape index (κ1) is 14.8. The standard InChI is InChI=1S/C19H22BrN/c1-13-7-12-19(18-6-4-3-5-17(13)18)21-14(2)15-8-10-16(20)11-9-15/h3-6,8-11,13-14,19,21H,7,12H2,1-2H3. The molecule has 0 aliphatic heterocycles. The van der Waals surface area contributed by atoms with Crippen LogP contribution in [0.4, 0.5) is 0 Å². The molecular formula is C19H22BrN. The molecule has 1 aliphatic carbocycles. The summed E-state index contributed by atoms with van der Waals surface area (Å²) in [5, 5.41) is 3.82. The normalized spacial score (nSPS) is 22.6. The molecule has 0 aromatic heterocycles. The second-order valence-electron chi connectivity index (χ2n) is 6.10. The number of hydrogen-bond donors (Lipinski definition) is 1. The van der Waals surface area contributed by atoms with Crippen molar-refractivity contribution in [1.82, 2.24) is 5.32 Å². The van der Waals surface area contributed by atoms with E-state index < -0.39 is 0 Å². The SMILES string of the molecule is CC1CCC(NC(C)c2ccc(Br)cc2)c2ccccc21. The van der Waals surface area contributed by atoms with Crippen LogP contribution >= 0.6 is 15.9 Å². The maximum atomic E-state index is 3.82. The van der Waals surface area contributed by atoms with Crippen LogP contribution in [0.5, 0.6) is 0 Å². The Morgan fingerprint density at radius 3 is 2.38 bits per heavy atom. The van der Waals surface area contributed by atoms with Gasteiger partial charge in [-0.1, -0.05) is 59.3 Å². The first-order valence-electron chi connectivity index (χ1n) is 7.75. The Labute approximate surface area is 135 Å². The molecule has 0 heterocycles. The van der Waals surface area contributed by atoms with E-state index in [-0.39, 0.29) is 0 Å². The summed E-state index contributed by atoms with van der Waals surface area (Å²) in [5.74, 6) is 0.683. The van der Waals surface area contributed by atoms with Gasteiger partial charge in [-0.25, -0.2) is 0 Å². The third-order valence-electron chi connectivity index (χ3n) is 4.61. The van der Waals surface area contributed by atoms with Gasteiger partial charge in [0.05, 0.1) is 0 Å². The highest BCUT2D eigenvalue weighted by molar-refractivity contribution is 9.10. The van der Waals surface area contributed by atoms with E-state index in [1.165, 1.54) is 29.5 Å². The van der Waals surface area contributed by atoms with Crippen molar-refractivity contribution in [2.75, 3.05) is 0 Å².